The molecule has 0 amide bonds. The van der Waals surface area contributed by atoms with E-state index in [0.717, 1.165) is 5.56 Å². The van der Waals surface area contributed by atoms with Gasteiger partial charge in [-0.15, -0.1) is 0 Å². The highest BCUT2D eigenvalue weighted by Crippen LogP contribution is 2.40. The Balaban J connectivity index is 1.90. The average Bonchev–Trinajstić information content (AvgIpc) is 2.55. The zero-order chi connectivity index (χ0) is 16.6. The van der Waals surface area contributed by atoms with Gasteiger partial charge < -0.3 is 9.84 Å². The third-order valence-electron chi connectivity index (χ3n) is 4.28. The van der Waals surface area contributed by atoms with Crippen molar-refractivity contribution in [1.82, 2.24) is 0 Å². The highest BCUT2D eigenvalue weighted by molar-refractivity contribution is 5.94. The van der Waals surface area contributed by atoms with Crippen molar-refractivity contribution >= 4 is 11.6 Å². The van der Waals surface area contributed by atoms with Crippen molar-refractivity contribution in [3.63, 3.8) is 0 Å². The van der Waals surface area contributed by atoms with Gasteiger partial charge >= 0.3 is 0 Å². The molecule has 0 spiro atoms. The summed E-state index contributed by atoms with van der Waals surface area (Å²) < 4.78 is 5.75. The average molecular weight is 310 g/mol. The minimum Gasteiger partial charge on any atom is -0.492 e. The van der Waals surface area contributed by atoms with E-state index in [9.17, 15) is 14.7 Å². The highest BCUT2D eigenvalue weighted by Gasteiger charge is 2.31. The summed E-state index contributed by atoms with van der Waals surface area (Å²) in [6.45, 7) is 3.35. The molecule has 4 nitrogen and oxygen atoms in total. The molecule has 2 atom stereocenters. The standard InChI is InChI=1S/C19H18O4/c1-11(20)13-3-5-14(6-4-13)17-10-23-18-9-15(12(2)21)7-8-16(18)19(17)22/h3-9,17,19,22H,10H2,1-2H3/t17-,19+/m0/s1. The van der Waals surface area contributed by atoms with Crippen LogP contribution in [0.3, 0.4) is 0 Å². The van der Waals surface area contributed by atoms with Gasteiger partial charge in [0.15, 0.2) is 11.6 Å². The van der Waals surface area contributed by atoms with Crippen molar-refractivity contribution in [2.24, 2.45) is 0 Å². The smallest absolute Gasteiger partial charge is 0.159 e. The quantitative estimate of drug-likeness (QED) is 0.884. The number of hydrogen-bond donors (Lipinski definition) is 1. The van der Waals surface area contributed by atoms with E-state index in [0.29, 0.717) is 29.0 Å². The van der Waals surface area contributed by atoms with Gasteiger partial charge in [-0.3, -0.25) is 9.59 Å². The van der Waals surface area contributed by atoms with Crippen LogP contribution in [-0.4, -0.2) is 23.3 Å². The van der Waals surface area contributed by atoms with Gasteiger partial charge in [0.25, 0.3) is 0 Å². The fourth-order valence-corrected chi connectivity index (χ4v) is 2.85. The molecule has 23 heavy (non-hydrogen) atoms. The minimum atomic E-state index is -0.706. The van der Waals surface area contributed by atoms with Gasteiger partial charge in [-0.2, -0.15) is 0 Å². The normalized spacial score (nSPS) is 19.6. The van der Waals surface area contributed by atoms with Gasteiger partial charge in [-0.1, -0.05) is 36.4 Å². The van der Waals surface area contributed by atoms with E-state index in [2.05, 4.69) is 0 Å². The molecule has 1 heterocycles. The summed E-state index contributed by atoms with van der Waals surface area (Å²) in [5, 5.41) is 10.7. The van der Waals surface area contributed by atoms with E-state index >= 15 is 0 Å². The van der Waals surface area contributed by atoms with Crippen LogP contribution in [0.1, 0.15) is 57.7 Å². The summed E-state index contributed by atoms with van der Waals surface area (Å²) >= 11 is 0. The second kappa shape index (κ2) is 5.97. The summed E-state index contributed by atoms with van der Waals surface area (Å²) in [4.78, 5) is 22.8. The van der Waals surface area contributed by atoms with E-state index in [4.69, 9.17) is 4.74 Å². The topological polar surface area (TPSA) is 63.6 Å². The number of ketones is 2. The minimum absolute atomic E-state index is 0.0131. The first-order chi connectivity index (χ1) is 11.0. The molecule has 2 aromatic carbocycles. The second-order valence-electron chi connectivity index (χ2n) is 5.85. The molecule has 1 N–H and O–H groups in total. The van der Waals surface area contributed by atoms with Crippen LogP contribution in [0.15, 0.2) is 42.5 Å². The van der Waals surface area contributed by atoms with E-state index < -0.39 is 6.10 Å². The molecule has 1 aliphatic heterocycles. The molecule has 0 unspecified atom stereocenters. The van der Waals surface area contributed by atoms with Crippen LogP contribution < -0.4 is 4.74 Å². The Morgan fingerprint density at radius 3 is 2.22 bits per heavy atom. The van der Waals surface area contributed by atoms with Gasteiger partial charge in [0, 0.05) is 22.6 Å². The van der Waals surface area contributed by atoms with Gasteiger partial charge in [0.1, 0.15) is 5.75 Å². The molecule has 0 saturated carbocycles. The first-order valence-corrected chi connectivity index (χ1v) is 7.54. The highest BCUT2D eigenvalue weighted by atomic mass is 16.5. The predicted molar refractivity (Wildman–Crippen MR) is 86.1 cm³/mol. The maximum atomic E-state index is 11.4. The molecule has 4 heteroatoms. The number of aliphatic hydroxyl groups is 1. The SMILES string of the molecule is CC(=O)c1ccc([C@@H]2COc3cc(C(C)=O)ccc3[C@H]2O)cc1. The summed E-state index contributed by atoms with van der Waals surface area (Å²) in [6, 6.07) is 12.3. The number of carbonyl (C=O) groups excluding carboxylic acids is 2. The summed E-state index contributed by atoms with van der Waals surface area (Å²) in [5.41, 5.74) is 2.82. The molecule has 0 aliphatic carbocycles. The molecule has 2 aromatic rings. The van der Waals surface area contributed by atoms with Crippen LogP contribution in [0, 0.1) is 0 Å². The number of aliphatic hydroxyl groups excluding tert-OH is 1. The fourth-order valence-electron chi connectivity index (χ4n) is 2.85. The van der Waals surface area contributed by atoms with E-state index in [1.54, 1.807) is 30.3 Å². The van der Waals surface area contributed by atoms with Gasteiger partial charge in [0.05, 0.1) is 12.7 Å². The second-order valence-corrected chi connectivity index (χ2v) is 5.85. The molecule has 118 valence electrons. The predicted octanol–water partition coefficient (Wildman–Crippen LogP) is 3.30. The summed E-state index contributed by atoms with van der Waals surface area (Å²) in [5.74, 6) is 0.334. The third kappa shape index (κ3) is 2.90. The number of Topliss-reactive ketones (excluding diaryl/α,β-unsaturated/α-hetero) is 2. The molecular formula is C19H18O4. The number of hydrogen-bond acceptors (Lipinski definition) is 4. The third-order valence-corrected chi connectivity index (χ3v) is 4.28. The van der Waals surface area contributed by atoms with Crippen molar-refractivity contribution < 1.29 is 19.4 Å². The Morgan fingerprint density at radius 1 is 1.00 bits per heavy atom. The number of benzene rings is 2. The number of carbonyl (C=O) groups is 2. The van der Waals surface area contributed by atoms with E-state index in [1.807, 2.05) is 12.1 Å². The van der Waals surface area contributed by atoms with Gasteiger partial charge in [0.2, 0.25) is 0 Å². The van der Waals surface area contributed by atoms with Crippen LogP contribution in [0.5, 0.6) is 5.75 Å². The van der Waals surface area contributed by atoms with Crippen LogP contribution in [0.4, 0.5) is 0 Å². The Hall–Kier alpha value is -2.46. The lowest BCUT2D eigenvalue weighted by Gasteiger charge is -2.31. The zero-order valence-corrected chi connectivity index (χ0v) is 13.1. The molecule has 0 radical (unpaired) electrons. The maximum absolute atomic E-state index is 11.4. The van der Waals surface area contributed by atoms with Crippen molar-refractivity contribution in [3.8, 4) is 5.75 Å². The van der Waals surface area contributed by atoms with E-state index in [-0.39, 0.29) is 17.5 Å². The largest absolute Gasteiger partial charge is 0.492 e. The van der Waals surface area contributed by atoms with Crippen LogP contribution >= 0.6 is 0 Å². The Labute approximate surface area is 134 Å². The van der Waals surface area contributed by atoms with Crippen molar-refractivity contribution in [3.05, 3.63) is 64.7 Å². The maximum Gasteiger partial charge on any atom is 0.159 e. The van der Waals surface area contributed by atoms with Crippen LogP contribution in [0.2, 0.25) is 0 Å². The van der Waals surface area contributed by atoms with Crippen molar-refractivity contribution in [1.29, 1.82) is 0 Å². The first-order valence-electron chi connectivity index (χ1n) is 7.54. The molecule has 0 bridgehead atoms. The van der Waals surface area contributed by atoms with E-state index in [1.165, 1.54) is 13.8 Å². The summed E-state index contributed by atoms with van der Waals surface area (Å²) in [7, 11) is 0. The lowest BCUT2D eigenvalue weighted by molar-refractivity contribution is 0.0883. The molecule has 3 rings (SSSR count). The number of fused-ring (bicyclic) bond motifs is 1. The van der Waals surface area contributed by atoms with Crippen LogP contribution in [0.25, 0.3) is 0 Å². The van der Waals surface area contributed by atoms with Crippen molar-refractivity contribution in [2.45, 2.75) is 25.9 Å². The number of ether oxygens (including phenoxy) is 1. The van der Waals surface area contributed by atoms with Gasteiger partial charge in [-0.25, -0.2) is 0 Å². The Kier molecular flexibility index (Phi) is 4.01. The van der Waals surface area contributed by atoms with Gasteiger partial charge in [-0.05, 0) is 25.5 Å². The number of rotatable bonds is 3. The molecule has 0 fully saturated rings. The first kappa shape index (κ1) is 15.4. The Morgan fingerprint density at radius 2 is 1.61 bits per heavy atom. The lowest BCUT2D eigenvalue weighted by atomic mass is 9.86. The monoisotopic (exact) mass is 310 g/mol. The zero-order valence-electron chi connectivity index (χ0n) is 13.1. The molecule has 1 aliphatic rings. The fraction of sp³-hybridized carbons (Fsp3) is 0.263. The lowest BCUT2D eigenvalue weighted by Crippen LogP contribution is -2.24. The molecule has 0 saturated heterocycles. The van der Waals surface area contributed by atoms with Crippen molar-refractivity contribution in [2.75, 3.05) is 6.61 Å². The van der Waals surface area contributed by atoms with Crippen LogP contribution in [-0.2, 0) is 0 Å². The molecular weight excluding hydrogens is 292 g/mol. The Bertz CT molecular complexity index is 761. The molecule has 0 aromatic heterocycles. The summed E-state index contributed by atoms with van der Waals surface area (Å²) in [6.07, 6.45) is -0.706.